The molecule has 1 aliphatic rings. The number of piperazine rings is 1. The van der Waals surface area contributed by atoms with Gasteiger partial charge >= 0.3 is 0 Å². The van der Waals surface area contributed by atoms with E-state index in [1.54, 1.807) is 6.08 Å². The molecule has 5 heteroatoms. The van der Waals surface area contributed by atoms with Crippen LogP contribution in [0.25, 0.3) is 6.08 Å². The summed E-state index contributed by atoms with van der Waals surface area (Å²) >= 11 is 9.49. The first-order valence-corrected chi connectivity index (χ1v) is 9.02. The molecule has 3 nitrogen and oxygen atoms in total. The summed E-state index contributed by atoms with van der Waals surface area (Å²) < 4.78 is 1.01. The zero-order chi connectivity index (χ0) is 16.9. The third-order valence-corrected chi connectivity index (χ3v) is 4.76. The smallest absolute Gasteiger partial charge is 0.246 e. The highest BCUT2D eigenvalue weighted by molar-refractivity contribution is 9.10. The first-order chi connectivity index (χ1) is 11.6. The summed E-state index contributed by atoms with van der Waals surface area (Å²) in [4.78, 5) is 16.5. The Labute approximate surface area is 155 Å². The van der Waals surface area contributed by atoms with Gasteiger partial charge in [-0.05, 0) is 42.0 Å². The van der Waals surface area contributed by atoms with E-state index in [0.29, 0.717) is 13.1 Å². The number of hydrogen-bond acceptors (Lipinski definition) is 2. The molecule has 0 atom stereocenters. The van der Waals surface area contributed by atoms with Gasteiger partial charge in [-0.25, -0.2) is 0 Å². The molecule has 124 valence electrons. The lowest BCUT2D eigenvalue weighted by Crippen LogP contribution is -2.48. The van der Waals surface area contributed by atoms with E-state index in [0.717, 1.165) is 33.8 Å². The van der Waals surface area contributed by atoms with Crippen molar-refractivity contribution in [2.45, 2.75) is 0 Å². The number of hydrogen-bond donors (Lipinski definition) is 0. The molecule has 0 aromatic heterocycles. The Morgan fingerprint density at radius 2 is 1.79 bits per heavy atom. The van der Waals surface area contributed by atoms with E-state index in [1.165, 1.54) is 0 Å². The Morgan fingerprint density at radius 1 is 1.04 bits per heavy atom. The van der Waals surface area contributed by atoms with Gasteiger partial charge in [0.1, 0.15) is 0 Å². The number of anilines is 1. The maximum absolute atomic E-state index is 12.3. The average Bonchev–Trinajstić information content (AvgIpc) is 2.60. The second kappa shape index (κ2) is 7.86. The quantitative estimate of drug-likeness (QED) is 0.704. The molecule has 0 unspecified atom stereocenters. The molecule has 0 spiro atoms. The first-order valence-electron chi connectivity index (χ1n) is 7.85. The van der Waals surface area contributed by atoms with Gasteiger partial charge in [0.25, 0.3) is 0 Å². The Morgan fingerprint density at radius 3 is 2.50 bits per heavy atom. The third-order valence-electron chi connectivity index (χ3n) is 4.03. The number of nitrogens with zero attached hydrogens (tertiary/aromatic N) is 2. The van der Waals surface area contributed by atoms with Gasteiger partial charge in [0.15, 0.2) is 0 Å². The van der Waals surface area contributed by atoms with Gasteiger partial charge in [0, 0.05) is 47.4 Å². The normalized spacial score (nSPS) is 15.1. The molecule has 0 aliphatic carbocycles. The van der Waals surface area contributed by atoms with Gasteiger partial charge in [-0.15, -0.1) is 0 Å². The number of halogens is 2. The predicted molar refractivity (Wildman–Crippen MR) is 103 cm³/mol. The lowest BCUT2D eigenvalue weighted by Gasteiger charge is -2.35. The van der Waals surface area contributed by atoms with Crippen LogP contribution in [0.1, 0.15) is 5.56 Å². The van der Waals surface area contributed by atoms with Crippen LogP contribution >= 0.6 is 27.5 Å². The Balaban J connectivity index is 1.57. The zero-order valence-corrected chi connectivity index (χ0v) is 15.5. The van der Waals surface area contributed by atoms with Crippen molar-refractivity contribution in [2.75, 3.05) is 31.1 Å². The summed E-state index contributed by atoms with van der Waals surface area (Å²) in [5.41, 5.74) is 2.12. The van der Waals surface area contributed by atoms with Gasteiger partial charge in [-0.3, -0.25) is 4.79 Å². The SMILES string of the molecule is O=C(C=Cc1cccc(Br)c1)N1CCN(c2cccc(Cl)c2)CC1. The summed E-state index contributed by atoms with van der Waals surface area (Å²) in [6, 6.07) is 15.7. The summed E-state index contributed by atoms with van der Waals surface area (Å²) in [5.74, 6) is 0.0562. The number of carbonyl (C=O) groups is 1. The first kappa shape index (κ1) is 17.1. The molecular weight excluding hydrogens is 388 g/mol. The van der Waals surface area contributed by atoms with Crippen LogP contribution in [-0.4, -0.2) is 37.0 Å². The molecule has 1 amide bonds. The fourth-order valence-corrected chi connectivity index (χ4v) is 3.34. The predicted octanol–water partition coefficient (Wildman–Crippen LogP) is 4.46. The van der Waals surface area contributed by atoms with E-state index >= 15 is 0 Å². The maximum atomic E-state index is 12.3. The summed E-state index contributed by atoms with van der Waals surface area (Å²) in [7, 11) is 0. The molecule has 24 heavy (non-hydrogen) atoms. The van der Waals surface area contributed by atoms with Crippen molar-refractivity contribution in [3.05, 3.63) is 69.7 Å². The number of benzene rings is 2. The molecule has 0 N–H and O–H groups in total. The van der Waals surface area contributed by atoms with Gasteiger partial charge in [0.2, 0.25) is 5.91 Å². The van der Waals surface area contributed by atoms with E-state index in [1.807, 2.05) is 53.4 Å². The van der Waals surface area contributed by atoms with Crippen molar-refractivity contribution in [1.29, 1.82) is 0 Å². The van der Waals surface area contributed by atoms with E-state index < -0.39 is 0 Å². The van der Waals surface area contributed by atoms with Crippen molar-refractivity contribution < 1.29 is 4.79 Å². The van der Waals surface area contributed by atoms with Crippen LogP contribution in [-0.2, 0) is 4.79 Å². The van der Waals surface area contributed by atoms with Crippen LogP contribution in [0.15, 0.2) is 59.1 Å². The molecule has 1 aliphatic heterocycles. The van der Waals surface area contributed by atoms with Crippen LogP contribution < -0.4 is 4.90 Å². The highest BCUT2D eigenvalue weighted by Gasteiger charge is 2.19. The lowest BCUT2D eigenvalue weighted by atomic mass is 10.2. The van der Waals surface area contributed by atoms with Crippen molar-refractivity contribution in [2.24, 2.45) is 0 Å². The number of carbonyl (C=O) groups excluding carboxylic acids is 1. The fourth-order valence-electron chi connectivity index (χ4n) is 2.74. The molecule has 1 fully saturated rings. The van der Waals surface area contributed by atoms with Crippen LogP contribution in [0.2, 0.25) is 5.02 Å². The summed E-state index contributed by atoms with van der Waals surface area (Å²) in [6.07, 6.45) is 3.51. The largest absolute Gasteiger partial charge is 0.368 e. The maximum Gasteiger partial charge on any atom is 0.246 e. The topological polar surface area (TPSA) is 23.6 Å². The Kier molecular flexibility index (Phi) is 5.59. The molecule has 0 saturated carbocycles. The average molecular weight is 406 g/mol. The number of rotatable bonds is 3. The minimum Gasteiger partial charge on any atom is -0.368 e. The highest BCUT2D eigenvalue weighted by atomic mass is 79.9. The van der Waals surface area contributed by atoms with Crippen LogP contribution in [0.5, 0.6) is 0 Å². The van der Waals surface area contributed by atoms with E-state index in [9.17, 15) is 4.79 Å². The molecule has 2 aromatic rings. The monoisotopic (exact) mass is 404 g/mol. The Bertz CT molecular complexity index is 755. The van der Waals surface area contributed by atoms with Crippen molar-refractivity contribution in [1.82, 2.24) is 4.90 Å². The minimum absolute atomic E-state index is 0.0562. The third kappa shape index (κ3) is 4.40. The molecule has 3 rings (SSSR count). The number of amides is 1. The second-order valence-corrected chi connectivity index (χ2v) is 7.03. The van der Waals surface area contributed by atoms with Crippen LogP contribution in [0.3, 0.4) is 0 Å². The van der Waals surface area contributed by atoms with Gasteiger partial charge < -0.3 is 9.80 Å². The van der Waals surface area contributed by atoms with Crippen molar-refractivity contribution in [3.63, 3.8) is 0 Å². The zero-order valence-electron chi connectivity index (χ0n) is 13.2. The molecular formula is C19H18BrClN2O. The van der Waals surface area contributed by atoms with Gasteiger partial charge in [-0.1, -0.05) is 45.7 Å². The molecule has 0 radical (unpaired) electrons. The highest BCUT2D eigenvalue weighted by Crippen LogP contribution is 2.21. The minimum atomic E-state index is 0.0562. The Hall–Kier alpha value is -1.78. The lowest BCUT2D eigenvalue weighted by molar-refractivity contribution is -0.126. The fraction of sp³-hybridized carbons (Fsp3) is 0.211. The van der Waals surface area contributed by atoms with Crippen LogP contribution in [0.4, 0.5) is 5.69 Å². The summed E-state index contributed by atoms with van der Waals surface area (Å²) in [5, 5.41) is 0.739. The second-order valence-electron chi connectivity index (χ2n) is 5.68. The molecule has 1 heterocycles. The van der Waals surface area contributed by atoms with Crippen LogP contribution in [0, 0.1) is 0 Å². The van der Waals surface area contributed by atoms with Gasteiger partial charge in [0.05, 0.1) is 0 Å². The molecule has 0 bridgehead atoms. The van der Waals surface area contributed by atoms with E-state index in [2.05, 4.69) is 26.9 Å². The van der Waals surface area contributed by atoms with E-state index in [4.69, 9.17) is 11.6 Å². The molecule has 2 aromatic carbocycles. The van der Waals surface area contributed by atoms with Crippen molar-refractivity contribution in [3.8, 4) is 0 Å². The van der Waals surface area contributed by atoms with E-state index in [-0.39, 0.29) is 5.91 Å². The van der Waals surface area contributed by atoms with Gasteiger partial charge in [-0.2, -0.15) is 0 Å². The standard InChI is InChI=1S/C19H18BrClN2O/c20-16-4-1-3-15(13-16)7-8-19(24)23-11-9-22(10-12-23)18-6-2-5-17(21)14-18/h1-8,13-14H,9-12H2. The molecule has 1 saturated heterocycles. The van der Waals surface area contributed by atoms with Crippen molar-refractivity contribution >= 4 is 45.2 Å². The summed E-state index contributed by atoms with van der Waals surface area (Å²) in [6.45, 7) is 3.07.